The van der Waals surface area contributed by atoms with Gasteiger partial charge in [0.05, 0.1) is 6.04 Å². The summed E-state index contributed by atoms with van der Waals surface area (Å²) >= 11 is 2.27. The van der Waals surface area contributed by atoms with Gasteiger partial charge in [-0.3, -0.25) is 9.58 Å². The van der Waals surface area contributed by atoms with Crippen LogP contribution in [0.2, 0.25) is 0 Å². The Balaban J connectivity index is 1.93. The molecule has 6 heteroatoms. The van der Waals surface area contributed by atoms with Crippen LogP contribution in [-0.2, 0) is 18.2 Å². The molecule has 2 bridgehead atoms. The minimum absolute atomic E-state index is 0.138. The highest BCUT2D eigenvalue weighted by Crippen LogP contribution is 2.45. The molecule has 3 rings (SSSR count). The van der Waals surface area contributed by atoms with Crippen LogP contribution in [0, 0.1) is 3.70 Å². The fraction of sp³-hybridized carbons (Fsp3) is 0.714. The summed E-state index contributed by atoms with van der Waals surface area (Å²) in [5, 5.41) is 4.50. The number of halogens is 1. The number of aromatic nitrogens is 2. The number of fused-ring (bicyclic) bond motifs is 4. The Kier molecular flexibility index (Phi) is 3.26. The van der Waals surface area contributed by atoms with Gasteiger partial charge in [-0.15, -0.1) is 0 Å². The van der Waals surface area contributed by atoms with Crippen molar-refractivity contribution in [1.82, 2.24) is 14.7 Å². The van der Waals surface area contributed by atoms with Crippen molar-refractivity contribution in [1.29, 1.82) is 0 Å². The number of ether oxygens (including phenoxy) is 1. The molecule has 3 heterocycles. The lowest BCUT2D eigenvalue weighted by Crippen LogP contribution is -2.44. The molecule has 20 heavy (non-hydrogen) atoms. The van der Waals surface area contributed by atoms with E-state index < -0.39 is 5.60 Å². The highest BCUT2D eigenvalue weighted by Gasteiger charge is 2.46. The molecule has 0 N–H and O–H groups in total. The summed E-state index contributed by atoms with van der Waals surface area (Å²) in [6.07, 6.45) is 2.76. The largest absolute Gasteiger partial charge is 0.444 e. The van der Waals surface area contributed by atoms with Gasteiger partial charge in [-0.2, -0.15) is 5.10 Å². The maximum absolute atomic E-state index is 12.5. The van der Waals surface area contributed by atoms with Crippen molar-refractivity contribution < 1.29 is 9.53 Å². The summed E-state index contributed by atoms with van der Waals surface area (Å²) in [6.45, 7) is 5.74. The Labute approximate surface area is 132 Å². The van der Waals surface area contributed by atoms with E-state index in [0.29, 0.717) is 0 Å². The highest BCUT2D eigenvalue weighted by atomic mass is 127. The molecule has 0 aromatic carbocycles. The Morgan fingerprint density at radius 3 is 2.75 bits per heavy atom. The molecule has 2 aliphatic heterocycles. The van der Waals surface area contributed by atoms with E-state index in [9.17, 15) is 4.79 Å². The fourth-order valence-corrected chi connectivity index (χ4v) is 4.29. The van der Waals surface area contributed by atoms with E-state index in [2.05, 4.69) is 27.7 Å². The minimum Gasteiger partial charge on any atom is -0.444 e. The topological polar surface area (TPSA) is 47.4 Å². The number of carbonyl (C=O) groups is 1. The van der Waals surface area contributed by atoms with Crippen LogP contribution < -0.4 is 0 Å². The Hall–Kier alpha value is -0.790. The number of nitrogens with zero attached hydrogens (tertiary/aromatic N) is 3. The van der Waals surface area contributed by atoms with Crippen molar-refractivity contribution in [2.45, 2.75) is 57.7 Å². The average Bonchev–Trinajstić information content (AvgIpc) is 2.75. The molecule has 2 aliphatic rings. The molecule has 0 aliphatic carbocycles. The van der Waals surface area contributed by atoms with Crippen LogP contribution in [0.15, 0.2) is 0 Å². The highest BCUT2D eigenvalue weighted by molar-refractivity contribution is 14.1. The zero-order chi connectivity index (χ0) is 14.7. The number of aryl methyl sites for hydroxylation is 1. The monoisotopic (exact) mass is 389 g/mol. The van der Waals surface area contributed by atoms with Crippen LogP contribution in [0.1, 0.15) is 50.9 Å². The van der Waals surface area contributed by atoms with Gasteiger partial charge in [0.1, 0.15) is 9.30 Å². The van der Waals surface area contributed by atoms with Gasteiger partial charge < -0.3 is 4.74 Å². The summed E-state index contributed by atoms with van der Waals surface area (Å²) < 4.78 is 8.56. The van der Waals surface area contributed by atoms with Gasteiger partial charge in [-0.05, 0) is 56.2 Å². The molecule has 0 radical (unpaired) electrons. The predicted molar refractivity (Wildman–Crippen MR) is 83.5 cm³/mol. The molecule has 2 unspecified atom stereocenters. The van der Waals surface area contributed by atoms with Gasteiger partial charge >= 0.3 is 6.09 Å². The Morgan fingerprint density at radius 1 is 1.40 bits per heavy atom. The van der Waals surface area contributed by atoms with E-state index >= 15 is 0 Å². The van der Waals surface area contributed by atoms with E-state index in [0.717, 1.165) is 23.0 Å². The van der Waals surface area contributed by atoms with Gasteiger partial charge in [0.2, 0.25) is 0 Å². The van der Waals surface area contributed by atoms with Gasteiger partial charge in [0.15, 0.2) is 0 Å². The summed E-state index contributed by atoms with van der Waals surface area (Å²) in [6, 6.07) is 0.396. The molecular weight excluding hydrogens is 369 g/mol. The maximum atomic E-state index is 12.5. The van der Waals surface area contributed by atoms with E-state index in [1.54, 1.807) is 0 Å². The van der Waals surface area contributed by atoms with Crippen molar-refractivity contribution in [3.63, 3.8) is 0 Å². The first-order valence-corrected chi connectivity index (χ1v) is 8.08. The summed E-state index contributed by atoms with van der Waals surface area (Å²) in [4.78, 5) is 14.4. The van der Waals surface area contributed by atoms with E-state index in [-0.39, 0.29) is 18.2 Å². The van der Waals surface area contributed by atoms with E-state index in [4.69, 9.17) is 4.74 Å². The molecule has 0 saturated carbocycles. The molecule has 2 atom stereocenters. The second kappa shape index (κ2) is 4.61. The predicted octanol–water partition coefficient (Wildman–Crippen LogP) is 3.02. The van der Waals surface area contributed by atoms with Gasteiger partial charge in [-0.1, -0.05) is 0 Å². The van der Waals surface area contributed by atoms with Gasteiger partial charge in [0.25, 0.3) is 0 Å². The Morgan fingerprint density at radius 2 is 2.10 bits per heavy atom. The number of hydrogen-bond acceptors (Lipinski definition) is 3. The molecule has 1 saturated heterocycles. The lowest BCUT2D eigenvalue weighted by atomic mass is 10.0. The van der Waals surface area contributed by atoms with Crippen LogP contribution in [0.3, 0.4) is 0 Å². The molecule has 5 nitrogen and oxygen atoms in total. The third-order valence-corrected chi connectivity index (χ3v) is 4.83. The number of amides is 1. The first kappa shape index (κ1) is 14.2. The standard InChI is InChI=1S/C14H20IN3O2/c1-14(2,3)20-13(19)18-8-5-6-9(18)11-10(7-8)17(4)16-12(11)15/h8-9H,5-7H2,1-4H3. The number of rotatable bonds is 0. The van der Waals surface area contributed by atoms with Crippen LogP contribution >= 0.6 is 22.6 Å². The second-order valence-electron chi connectivity index (χ2n) is 6.61. The summed E-state index contributed by atoms with van der Waals surface area (Å²) in [5.74, 6) is 0. The van der Waals surface area contributed by atoms with Crippen molar-refractivity contribution in [2.75, 3.05) is 0 Å². The van der Waals surface area contributed by atoms with Gasteiger partial charge in [-0.25, -0.2) is 4.79 Å². The normalized spacial score (nSPS) is 24.8. The number of hydrogen-bond donors (Lipinski definition) is 0. The van der Waals surface area contributed by atoms with Crippen LogP contribution in [-0.4, -0.2) is 32.4 Å². The zero-order valence-corrected chi connectivity index (χ0v) is 14.5. The summed E-state index contributed by atoms with van der Waals surface area (Å²) in [5.41, 5.74) is 2.06. The smallest absolute Gasteiger partial charge is 0.411 e. The first-order chi connectivity index (χ1) is 9.28. The second-order valence-corrected chi connectivity index (χ2v) is 7.64. The lowest BCUT2D eigenvalue weighted by molar-refractivity contribution is 0.0122. The van der Waals surface area contributed by atoms with Crippen molar-refractivity contribution in [3.8, 4) is 0 Å². The SMILES string of the molecule is Cn1nc(I)c2c1CC1CCC2N1C(=O)OC(C)(C)C. The van der Waals surface area contributed by atoms with Crippen molar-refractivity contribution in [2.24, 2.45) is 7.05 Å². The molecule has 0 spiro atoms. The third-order valence-electron chi connectivity index (χ3n) is 4.03. The molecule has 1 aromatic heterocycles. The molecular formula is C14H20IN3O2. The summed E-state index contributed by atoms with van der Waals surface area (Å²) in [7, 11) is 1.99. The van der Waals surface area contributed by atoms with Crippen LogP contribution in [0.5, 0.6) is 0 Å². The molecule has 1 aromatic rings. The quantitative estimate of drug-likeness (QED) is 0.641. The third kappa shape index (κ3) is 2.21. The van der Waals surface area contributed by atoms with E-state index in [1.807, 2.05) is 37.4 Å². The maximum Gasteiger partial charge on any atom is 0.411 e. The minimum atomic E-state index is -0.446. The Bertz CT molecular complexity index is 562. The van der Waals surface area contributed by atoms with Crippen molar-refractivity contribution >= 4 is 28.7 Å². The molecule has 110 valence electrons. The number of carbonyl (C=O) groups excluding carboxylic acids is 1. The molecule has 1 fully saturated rings. The van der Waals surface area contributed by atoms with Crippen LogP contribution in [0.25, 0.3) is 0 Å². The first-order valence-electron chi connectivity index (χ1n) is 7.00. The van der Waals surface area contributed by atoms with E-state index in [1.165, 1.54) is 11.3 Å². The van der Waals surface area contributed by atoms with Crippen molar-refractivity contribution in [3.05, 3.63) is 15.0 Å². The van der Waals surface area contributed by atoms with Gasteiger partial charge in [0, 0.05) is 30.8 Å². The van der Waals surface area contributed by atoms with Crippen LogP contribution in [0.4, 0.5) is 4.79 Å². The fourth-order valence-electron chi connectivity index (χ4n) is 3.29. The average molecular weight is 389 g/mol. The lowest BCUT2D eigenvalue weighted by Gasteiger charge is -2.36. The zero-order valence-electron chi connectivity index (χ0n) is 12.3. The molecule has 1 amide bonds.